The summed E-state index contributed by atoms with van der Waals surface area (Å²) < 4.78 is 4.91. The molecule has 3 heteroatoms. The third kappa shape index (κ3) is 1.70. The fraction of sp³-hybridized carbons (Fsp3) is 0.750. The highest BCUT2D eigenvalue weighted by Gasteiger charge is 2.44. The van der Waals surface area contributed by atoms with Crippen molar-refractivity contribution >= 4 is 5.97 Å². The van der Waals surface area contributed by atoms with Crippen LogP contribution in [0.1, 0.15) is 26.7 Å². The fourth-order valence-electron chi connectivity index (χ4n) is 1.13. The van der Waals surface area contributed by atoms with E-state index in [0.29, 0.717) is 0 Å². The molecule has 0 heterocycles. The molecule has 0 amide bonds. The number of ether oxygens (including phenoxy) is 1. The third-order valence-corrected chi connectivity index (χ3v) is 1.93. The minimum absolute atomic E-state index is 0.261. The molecule has 0 radical (unpaired) electrons. The molecule has 0 saturated heterocycles. The lowest BCUT2D eigenvalue weighted by Gasteiger charge is -2.20. The summed E-state index contributed by atoms with van der Waals surface area (Å²) in [6.45, 7) is 3.00. The first-order valence-corrected chi connectivity index (χ1v) is 3.69. The van der Waals surface area contributed by atoms with Gasteiger partial charge in [0, 0.05) is 12.8 Å². The summed E-state index contributed by atoms with van der Waals surface area (Å²) in [6, 6.07) is 2.03. The number of carbonyl (C=O) groups is 1. The summed E-state index contributed by atoms with van der Waals surface area (Å²) in [7, 11) is 0. The van der Waals surface area contributed by atoms with E-state index < -0.39 is 5.60 Å². The maximum Gasteiger partial charge on any atom is 0.304 e. The Morgan fingerprint density at radius 2 is 2.27 bits per heavy atom. The van der Waals surface area contributed by atoms with Crippen molar-refractivity contribution < 1.29 is 9.53 Å². The molecule has 0 aromatic rings. The van der Waals surface area contributed by atoms with Gasteiger partial charge in [-0.05, 0) is 19.8 Å². The van der Waals surface area contributed by atoms with Gasteiger partial charge < -0.3 is 4.74 Å². The van der Waals surface area contributed by atoms with Gasteiger partial charge in [0.15, 0.2) is 5.60 Å². The summed E-state index contributed by atoms with van der Waals surface area (Å²) in [5, 5.41) is 8.72. The van der Waals surface area contributed by atoms with Crippen molar-refractivity contribution in [1.29, 1.82) is 5.26 Å². The summed E-state index contributed by atoms with van der Waals surface area (Å²) in [4.78, 5) is 10.6. The number of nitrogens with zero attached hydrogens (tertiary/aromatic N) is 1. The molecule has 1 fully saturated rings. The van der Waals surface area contributed by atoms with Crippen molar-refractivity contribution in [2.45, 2.75) is 32.3 Å². The monoisotopic (exact) mass is 153 g/mol. The molecule has 1 aliphatic rings. The van der Waals surface area contributed by atoms with Gasteiger partial charge in [0.2, 0.25) is 0 Å². The minimum Gasteiger partial charge on any atom is -0.444 e. The molecule has 1 unspecified atom stereocenters. The van der Waals surface area contributed by atoms with Crippen molar-refractivity contribution in [3.05, 3.63) is 0 Å². The Hall–Kier alpha value is -1.04. The first-order chi connectivity index (χ1) is 5.08. The van der Waals surface area contributed by atoms with E-state index in [1.165, 1.54) is 6.92 Å². The predicted octanol–water partition coefficient (Wildman–Crippen LogP) is 1.24. The Kier molecular flexibility index (Phi) is 1.86. The Labute approximate surface area is 66.0 Å². The molecule has 0 N–H and O–H groups in total. The second-order valence-corrected chi connectivity index (χ2v) is 3.09. The molecule has 1 rings (SSSR count). The summed E-state index contributed by atoms with van der Waals surface area (Å²) >= 11 is 0. The maximum absolute atomic E-state index is 10.6. The number of esters is 1. The first-order valence-electron chi connectivity index (χ1n) is 3.69. The van der Waals surface area contributed by atoms with Crippen molar-refractivity contribution in [3.8, 4) is 6.07 Å². The molecule has 1 aliphatic carbocycles. The lowest BCUT2D eigenvalue weighted by atomic mass is 10.0. The average Bonchev–Trinajstić information content (AvgIpc) is 2.66. The molecule has 0 aromatic heterocycles. The van der Waals surface area contributed by atoms with Crippen molar-refractivity contribution in [2.24, 2.45) is 5.92 Å². The Balaban J connectivity index is 2.60. The van der Waals surface area contributed by atoms with E-state index in [-0.39, 0.29) is 11.9 Å². The summed E-state index contributed by atoms with van der Waals surface area (Å²) in [5.74, 6) is -0.114. The molecule has 0 spiro atoms. The number of nitriles is 1. The molecule has 1 saturated carbocycles. The van der Waals surface area contributed by atoms with Gasteiger partial charge in [0.1, 0.15) is 6.07 Å². The number of hydrogen-bond acceptors (Lipinski definition) is 3. The van der Waals surface area contributed by atoms with Crippen LogP contribution in [0, 0.1) is 17.2 Å². The highest BCUT2D eigenvalue weighted by molar-refractivity contribution is 5.67. The van der Waals surface area contributed by atoms with Crippen LogP contribution in [0.3, 0.4) is 0 Å². The van der Waals surface area contributed by atoms with Crippen LogP contribution in [-0.4, -0.2) is 11.6 Å². The van der Waals surface area contributed by atoms with Crippen LogP contribution >= 0.6 is 0 Å². The zero-order valence-electron chi connectivity index (χ0n) is 6.76. The second kappa shape index (κ2) is 2.54. The van der Waals surface area contributed by atoms with Crippen LogP contribution < -0.4 is 0 Å². The Bertz CT molecular complexity index is 215. The largest absolute Gasteiger partial charge is 0.444 e. The van der Waals surface area contributed by atoms with E-state index in [2.05, 4.69) is 0 Å². The number of hydrogen-bond donors (Lipinski definition) is 0. The lowest BCUT2D eigenvalue weighted by Crippen LogP contribution is -2.31. The summed E-state index contributed by atoms with van der Waals surface area (Å²) in [5.41, 5.74) is -0.869. The lowest BCUT2D eigenvalue weighted by molar-refractivity contribution is -0.151. The second-order valence-electron chi connectivity index (χ2n) is 3.09. The van der Waals surface area contributed by atoms with Gasteiger partial charge in [-0.2, -0.15) is 5.26 Å². The van der Waals surface area contributed by atoms with Crippen LogP contribution in [0.4, 0.5) is 0 Å². The molecule has 0 aromatic carbocycles. The van der Waals surface area contributed by atoms with Crippen LogP contribution in [0.5, 0.6) is 0 Å². The molecule has 1 atom stereocenters. The highest BCUT2D eigenvalue weighted by Crippen LogP contribution is 2.41. The molecule has 11 heavy (non-hydrogen) atoms. The van der Waals surface area contributed by atoms with Gasteiger partial charge in [0.25, 0.3) is 0 Å². The van der Waals surface area contributed by atoms with Gasteiger partial charge in [-0.25, -0.2) is 0 Å². The maximum atomic E-state index is 10.6. The fourth-order valence-corrected chi connectivity index (χ4v) is 1.13. The van der Waals surface area contributed by atoms with E-state index in [1.54, 1.807) is 6.92 Å². The van der Waals surface area contributed by atoms with Crippen LogP contribution in [-0.2, 0) is 9.53 Å². The minimum atomic E-state index is -0.869. The van der Waals surface area contributed by atoms with Gasteiger partial charge in [-0.1, -0.05) is 0 Å². The zero-order valence-corrected chi connectivity index (χ0v) is 6.76. The van der Waals surface area contributed by atoms with Crippen molar-refractivity contribution in [3.63, 3.8) is 0 Å². The van der Waals surface area contributed by atoms with Crippen LogP contribution in [0.15, 0.2) is 0 Å². The Morgan fingerprint density at radius 1 is 1.73 bits per heavy atom. The van der Waals surface area contributed by atoms with E-state index in [4.69, 9.17) is 10.00 Å². The van der Waals surface area contributed by atoms with Gasteiger partial charge in [0.05, 0.1) is 0 Å². The third-order valence-electron chi connectivity index (χ3n) is 1.93. The molecule has 3 nitrogen and oxygen atoms in total. The van der Waals surface area contributed by atoms with E-state index in [1.807, 2.05) is 6.07 Å². The smallest absolute Gasteiger partial charge is 0.304 e. The van der Waals surface area contributed by atoms with Crippen LogP contribution in [0.2, 0.25) is 0 Å². The molecular weight excluding hydrogens is 142 g/mol. The zero-order chi connectivity index (χ0) is 8.48. The normalized spacial score (nSPS) is 21.5. The van der Waals surface area contributed by atoms with Gasteiger partial charge in [-0.3, -0.25) is 4.79 Å². The number of carbonyl (C=O) groups excluding carboxylic acids is 1. The van der Waals surface area contributed by atoms with Crippen molar-refractivity contribution in [1.82, 2.24) is 0 Å². The van der Waals surface area contributed by atoms with E-state index >= 15 is 0 Å². The molecular formula is C8H11NO2. The standard InChI is InChI=1S/C8H11NO2/c1-6(10)11-8(2,5-9)7-3-4-7/h7H,3-4H2,1-2H3. The summed E-state index contributed by atoms with van der Waals surface area (Å²) in [6.07, 6.45) is 1.99. The SMILES string of the molecule is CC(=O)OC(C)(C#N)C1CC1. The topological polar surface area (TPSA) is 50.1 Å². The van der Waals surface area contributed by atoms with Gasteiger partial charge >= 0.3 is 5.97 Å². The quantitative estimate of drug-likeness (QED) is 0.561. The van der Waals surface area contributed by atoms with Gasteiger partial charge in [-0.15, -0.1) is 0 Å². The number of rotatable bonds is 2. The highest BCUT2D eigenvalue weighted by atomic mass is 16.6. The van der Waals surface area contributed by atoms with Crippen molar-refractivity contribution in [2.75, 3.05) is 0 Å². The van der Waals surface area contributed by atoms with E-state index in [0.717, 1.165) is 12.8 Å². The first kappa shape index (κ1) is 8.06. The molecule has 0 bridgehead atoms. The average molecular weight is 153 g/mol. The van der Waals surface area contributed by atoms with E-state index in [9.17, 15) is 4.79 Å². The molecule has 0 aliphatic heterocycles. The molecule has 60 valence electrons. The predicted molar refractivity (Wildman–Crippen MR) is 38.5 cm³/mol. The Morgan fingerprint density at radius 3 is 2.55 bits per heavy atom. The van der Waals surface area contributed by atoms with Crippen LogP contribution in [0.25, 0.3) is 0 Å².